The highest BCUT2D eigenvalue weighted by Crippen LogP contribution is 2.40. The Hall–Kier alpha value is -2.93. The summed E-state index contributed by atoms with van der Waals surface area (Å²) in [7, 11) is 1.23. The molecule has 1 aromatic heterocycles. The van der Waals surface area contributed by atoms with Crippen LogP contribution in [0.3, 0.4) is 0 Å². The van der Waals surface area contributed by atoms with Crippen molar-refractivity contribution in [2.24, 2.45) is 10.9 Å². The van der Waals surface area contributed by atoms with Crippen LogP contribution in [-0.4, -0.2) is 77.9 Å². The van der Waals surface area contributed by atoms with Crippen LogP contribution < -0.4 is 5.32 Å². The molecule has 3 aliphatic heterocycles. The van der Waals surface area contributed by atoms with Crippen molar-refractivity contribution in [2.75, 3.05) is 26.9 Å². The number of benzene rings is 1. The Bertz CT molecular complexity index is 1290. The van der Waals surface area contributed by atoms with Gasteiger partial charge in [0.2, 0.25) is 0 Å². The number of rotatable bonds is 7. The van der Waals surface area contributed by atoms with Crippen molar-refractivity contribution in [1.82, 2.24) is 15.2 Å². The quantitative estimate of drug-likeness (QED) is 0.491. The number of nitrogens with one attached hydrogen (secondary N) is 1. The van der Waals surface area contributed by atoms with Crippen molar-refractivity contribution in [3.8, 4) is 0 Å². The smallest absolute Gasteiger partial charge is 0.338 e. The van der Waals surface area contributed by atoms with Gasteiger partial charge < -0.3 is 19.9 Å². The van der Waals surface area contributed by atoms with Crippen molar-refractivity contribution in [3.63, 3.8) is 0 Å². The predicted octanol–water partition coefficient (Wildman–Crippen LogP) is 3.36. The number of nitrogens with zero attached hydrogens (tertiary/aromatic N) is 3. The molecule has 1 aromatic carbocycles. The fourth-order valence-electron chi connectivity index (χ4n) is 5.38. The number of esters is 1. The molecule has 3 aliphatic rings. The maximum Gasteiger partial charge on any atom is 0.338 e. The Morgan fingerprint density at radius 2 is 2.18 bits per heavy atom. The van der Waals surface area contributed by atoms with Crippen LogP contribution in [0.15, 0.2) is 46.0 Å². The summed E-state index contributed by atoms with van der Waals surface area (Å²) >= 11 is 7.65. The van der Waals surface area contributed by atoms with Crippen LogP contribution in [0.2, 0.25) is 5.02 Å². The van der Waals surface area contributed by atoms with Crippen molar-refractivity contribution >= 4 is 40.7 Å². The second kappa shape index (κ2) is 11.0. The van der Waals surface area contributed by atoms with E-state index in [9.17, 15) is 19.1 Å². The molecule has 5 rings (SSSR count). The van der Waals surface area contributed by atoms with Gasteiger partial charge in [0.15, 0.2) is 10.8 Å². The lowest BCUT2D eigenvalue weighted by molar-refractivity contribution is -0.146. The molecule has 0 radical (unpaired) electrons. The minimum atomic E-state index is -1.44. The summed E-state index contributed by atoms with van der Waals surface area (Å²) in [6.07, 6.45) is 0.194. The second-order valence-corrected chi connectivity index (χ2v) is 10.6. The normalized spacial score (nSPS) is 27.5. The van der Waals surface area contributed by atoms with Crippen LogP contribution in [0.1, 0.15) is 29.5 Å². The zero-order valence-corrected chi connectivity index (χ0v) is 21.8. The minimum absolute atomic E-state index is 0.0845. The SMILES string of the molecule is COC(=O)C1=C(CN2[C@@H]3COC[C@H]2[C@H](F)[C@@H](CC(=O)O)C3)NC(c2nccs2)=N[C@H]1c1cccc(F)c1Cl. The number of carbonyl (C=O) groups is 2. The Labute approximate surface area is 226 Å². The summed E-state index contributed by atoms with van der Waals surface area (Å²) in [5.74, 6) is -2.69. The van der Waals surface area contributed by atoms with Gasteiger partial charge in [0.1, 0.15) is 18.0 Å². The van der Waals surface area contributed by atoms with E-state index in [1.54, 1.807) is 17.6 Å². The maximum atomic E-state index is 15.5. The van der Waals surface area contributed by atoms with Crippen LogP contribution in [-0.2, 0) is 19.1 Å². The molecule has 0 amide bonds. The van der Waals surface area contributed by atoms with Gasteiger partial charge in [-0.3, -0.25) is 14.7 Å². The molecule has 202 valence electrons. The summed E-state index contributed by atoms with van der Waals surface area (Å²) in [5, 5.41) is 14.6. The van der Waals surface area contributed by atoms with E-state index in [1.807, 2.05) is 4.90 Å². The van der Waals surface area contributed by atoms with E-state index < -0.39 is 41.9 Å². The Morgan fingerprint density at radius 1 is 1.37 bits per heavy atom. The van der Waals surface area contributed by atoms with E-state index in [0.29, 0.717) is 23.1 Å². The second-order valence-electron chi connectivity index (χ2n) is 9.34. The molecule has 2 bridgehead atoms. The summed E-state index contributed by atoms with van der Waals surface area (Å²) in [6, 6.07) is 2.29. The highest BCUT2D eigenvalue weighted by atomic mass is 35.5. The maximum absolute atomic E-state index is 15.5. The molecule has 2 fully saturated rings. The van der Waals surface area contributed by atoms with E-state index in [4.69, 9.17) is 21.1 Å². The van der Waals surface area contributed by atoms with Crippen LogP contribution in [0.25, 0.3) is 0 Å². The Balaban J connectivity index is 1.57. The van der Waals surface area contributed by atoms with Gasteiger partial charge in [-0.15, -0.1) is 11.3 Å². The number of aliphatic imine (C=N–C) groups is 1. The summed E-state index contributed by atoms with van der Waals surface area (Å²) in [5.41, 5.74) is 0.776. The first kappa shape index (κ1) is 26.7. The molecule has 2 aromatic rings. The number of aliphatic carboxylic acids is 1. The van der Waals surface area contributed by atoms with Crippen LogP contribution in [0.4, 0.5) is 8.78 Å². The molecule has 38 heavy (non-hydrogen) atoms. The van der Waals surface area contributed by atoms with Gasteiger partial charge in [0.25, 0.3) is 0 Å². The topological polar surface area (TPSA) is 113 Å². The molecule has 9 nitrogen and oxygen atoms in total. The average molecular weight is 567 g/mol. The highest BCUT2D eigenvalue weighted by molar-refractivity contribution is 7.11. The van der Waals surface area contributed by atoms with Gasteiger partial charge in [-0.05, 0) is 12.5 Å². The van der Waals surface area contributed by atoms with Gasteiger partial charge in [0, 0.05) is 41.3 Å². The van der Waals surface area contributed by atoms with Gasteiger partial charge in [-0.2, -0.15) is 0 Å². The zero-order valence-electron chi connectivity index (χ0n) is 20.3. The molecule has 0 aliphatic carbocycles. The van der Waals surface area contributed by atoms with Gasteiger partial charge in [-0.1, -0.05) is 23.7 Å². The fourth-order valence-corrected chi connectivity index (χ4v) is 6.20. The standard InChI is InChI=1S/C25H25ClF2N4O5S/c1-36-25(35)19-16(9-32-13-7-12(8-18(33)34)21(28)17(32)11-37-10-13)30-23(24-29-5-6-38-24)31-22(19)14-3-2-4-15(27)20(14)26/h2-6,12-13,17,21-22H,7-11H2,1H3,(H,30,31)(H,33,34)/t12-,13+,17+,21-,22+/m1/s1. The Kier molecular flexibility index (Phi) is 7.75. The molecule has 0 spiro atoms. The first-order valence-corrected chi connectivity index (χ1v) is 13.2. The number of thiazole rings is 1. The molecule has 0 unspecified atom stereocenters. The number of fused-ring (bicyclic) bond motifs is 2. The van der Waals surface area contributed by atoms with E-state index in [1.165, 1.54) is 30.6 Å². The molecule has 5 atom stereocenters. The van der Waals surface area contributed by atoms with E-state index in [-0.39, 0.29) is 48.2 Å². The molecule has 4 heterocycles. The van der Waals surface area contributed by atoms with Crippen molar-refractivity contribution in [3.05, 3.63) is 62.5 Å². The number of hydrogen-bond acceptors (Lipinski definition) is 9. The van der Waals surface area contributed by atoms with E-state index in [2.05, 4.69) is 15.3 Å². The molecule has 2 saturated heterocycles. The number of morpholine rings is 1. The number of carbonyl (C=O) groups excluding carboxylic acids is 1. The molecule has 13 heteroatoms. The first-order chi connectivity index (χ1) is 18.3. The summed E-state index contributed by atoms with van der Waals surface area (Å²) in [6.45, 7) is 0.477. The molecule has 2 N–H and O–H groups in total. The first-order valence-electron chi connectivity index (χ1n) is 12.0. The highest BCUT2D eigenvalue weighted by Gasteiger charge is 2.47. The van der Waals surface area contributed by atoms with Crippen molar-refractivity contribution in [1.29, 1.82) is 0 Å². The zero-order chi connectivity index (χ0) is 27.0. The number of aromatic nitrogens is 1. The van der Waals surface area contributed by atoms with Crippen molar-refractivity contribution in [2.45, 2.75) is 37.1 Å². The fraction of sp³-hybridized carbons (Fsp3) is 0.440. The van der Waals surface area contributed by atoms with Gasteiger partial charge in [0.05, 0.1) is 43.4 Å². The average Bonchev–Trinajstić information content (AvgIpc) is 3.43. The Morgan fingerprint density at radius 3 is 2.89 bits per heavy atom. The van der Waals surface area contributed by atoms with Crippen LogP contribution in [0, 0.1) is 11.7 Å². The third-order valence-electron chi connectivity index (χ3n) is 7.11. The minimum Gasteiger partial charge on any atom is -0.481 e. The lowest BCUT2D eigenvalue weighted by Gasteiger charge is -2.50. The van der Waals surface area contributed by atoms with E-state index >= 15 is 4.39 Å². The van der Waals surface area contributed by atoms with Crippen LogP contribution >= 0.6 is 22.9 Å². The van der Waals surface area contributed by atoms with Crippen LogP contribution in [0.5, 0.6) is 0 Å². The number of hydrogen-bond donors (Lipinski definition) is 2. The van der Waals surface area contributed by atoms with E-state index in [0.717, 1.165) is 0 Å². The lowest BCUT2D eigenvalue weighted by atomic mass is 9.81. The lowest BCUT2D eigenvalue weighted by Crippen LogP contribution is -2.63. The predicted molar refractivity (Wildman–Crippen MR) is 135 cm³/mol. The molecular formula is C25H25ClF2N4O5S. The molecule has 0 saturated carbocycles. The molecular weight excluding hydrogens is 542 g/mol. The van der Waals surface area contributed by atoms with Gasteiger partial charge >= 0.3 is 11.9 Å². The van der Waals surface area contributed by atoms with Crippen molar-refractivity contribution < 1.29 is 33.0 Å². The number of carboxylic acids is 1. The number of carboxylic acid groups (broad SMARTS) is 1. The largest absolute Gasteiger partial charge is 0.481 e. The monoisotopic (exact) mass is 566 g/mol. The third kappa shape index (κ3) is 5.05. The summed E-state index contributed by atoms with van der Waals surface area (Å²) in [4.78, 5) is 35.4. The third-order valence-corrected chi connectivity index (χ3v) is 8.28. The number of halogens is 3. The van der Waals surface area contributed by atoms with Gasteiger partial charge in [-0.25, -0.2) is 18.6 Å². The summed E-state index contributed by atoms with van der Waals surface area (Å²) < 4.78 is 40.7. The number of piperidine rings is 1. The number of ether oxygens (including phenoxy) is 2. The number of amidine groups is 1. The number of methoxy groups -OCH3 is 1. The number of alkyl halides is 1.